The minimum atomic E-state index is -0.140. The first-order valence-corrected chi connectivity index (χ1v) is 7.17. The van der Waals surface area contributed by atoms with Gasteiger partial charge in [-0.15, -0.1) is 0 Å². The highest BCUT2D eigenvalue weighted by Gasteiger charge is 2.42. The smallest absolute Gasteiger partial charge is 0.107 e. The van der Waals surface area contributed by atoms with Crippen LogP contribution in [0.5, 0.6) is 0 Å². The van der Waals surface area contributed by atoms with Crippen LogP contribution in [0, 0.1) is 11.3 Å². The summed E-state index contributed by atoms with van der Waals surface area (Å²) in [6.07, 6.45) is 1.17. The number of hydrogen-bond donors (Lipinski definition) is 0. The molecule has 2 atom stereocenters. The predicted molar refractivity (Wildman–Crippen MR) is 75.1 cm³/mol. The molecule has 0 bridgehead atoms. The van der Waals surface area contributed by atoms with E-state index in [-0.39, 0.29) is 11.7 Å². The van der Waals surface area contributed by atoms with Crippen LogP contribution >= 0.6 is 0 Å². The zero-order valence-corrected chi connectivity index (χ0v) is 11.8. The van der Waals surface area contributed by atoms with Gasteiger partial charge >= 0.3 is 0 Å². The van der Waals surface area contributed by atoms with Gasteiger partial charge in [-0.25, -0.2) is 0 Å². The average Bonchev–Trinajstić information content (AvgIpc) is 2.86. The number of nitriles is 1. The summed E-state index contributed by atoms with van der Waals surface area (Å²) in [5.41, 5.74) is 1.72. The molecule has 0 aromatic heterocycles. The molecule has 0 amide bonds. The summed E-state index contributed by atoms with van der Waals surface area (Å²) in [4.78, 5) is 2.39. The second kappa shape index (κ2) is 5.53. The van der Waals surface area contributed by atoms with Crippen LogP contribution < -0.4 is 0 Å². The first-order valence-electron chi connectivity index (χ1n) is 7.17. The van der Waals surface area contributed by atoms with Crippen LogP contribution in [0.3, 0.4) is 0 Å². The van der Waals surface area contributed by atoms with Crippen molar-refractivity contribution in [3.8, 4) is 6.07 Å². The molecule has 0 radical (unpaired) electrons. The number of ether oxygens (including phenoxy) is 2. The summed E-state index contributed by atoms with van der Waals surface area (Å²) in [6.45, 7) is 6.18. The third-order valence-electron chi connectivity index (χ3n) is 4.08. The highest BCUT2D eigenvalue weighted by molar-refractivity contribution is 5.37. The molecular formula is C16H20N2O2. The third-order valence-corrected chi connectivity index (χ3v) is 4.08. The monoisotopic (exact) mass is 272 g/mol. The summed E-state index contributed by atoms with van der Waals surface area (Å²) in [7, 11) is 0. The second-order valence-electron chi connectivity index (χ2n) is 5.85. The Kier molecular flexibility index (Phi) is 3.75. The quantitative estimate of drug-likeness (QED) is 0.825. The minimum Gasteiger partial charge on any atom is -0.378 e. The average molecular weight is 272 g/mol. The van der Waals surface area contributed by atoms with E-state index >= 15 is 0 Å². The fourth-order valence-electron chi connectivity index (χ4n) is 3.27. The number of benzene rings is 1. The molecule has 2 saturated heterocycles. The van der Waals surface area contributed by atoms with Gasteiger partial charge in [0.1, 0.15) is 5.60 Å². The maximum atomic E-state index is 9.19. The van der Waals surface area contributed by atoms with Crippen LogP contribution in [0.1, 0.15) is 24.5 Å². The Morgan fingerprint density at radius 2 is 2.30 bits per heavy atom. The van der Waals surface area contributed by atoms with E-state index in [1.54, 1.807) is 0 Å². The summed E-state index contributed by atoms with van der Waals surface area (Å²) in [6, 6.07) is 10.1. The lowest BCUT2D eigenvalue weighted by molar-refractivity contribution is -0.149. The van der Waals surface area contributed by atoms with Gasteiger partial charge in [0, 0.05) is 32.7 Å². The van der Waals surface area contributed by atoms with Crippen LogP contribution in [-0.4, -0.2) is 42.9 Å². The third kappa shape index (κ3) is 2.71. The molecule has 20 heavy (non-hydrogen) atoms. The first-order chi connectivity index (χ1) is 9.71. The fraction of sp³-hybridized carbons (Fsp3) is 0.562. The Morgan fingerprint density at radius 3 is 3.05 bits per heavy atom. The van der Waals surface area contributed by atoms with Crippen LogP contribution in [-0.2, 0) is 16.0 Å². The van der Waals surface area contributed by atoms with Crippen LogP contribution in [0.25, 0.3) is 0 Å². The molecule has 1 spiro atoms. The highest BCUT2D eigenvalue weighted by atomic mass is 16.6. The van der Waals surface area contributed by atoms with Crippen LogP contribution in [0.15, 0.2) is 24.3 Å². The number of hydrogen-bond acceptors (Lipinski definition) is 4. The molecule has 3 rings (SSSR count). The summed E-state index contributed by atoms with van der Waals surface area (Å²) in [5.74, 6) is 0. The SMILES string of the molecule is C[C@H]1CN(Cc2ccccc2C#N)C[C@@]2(CCOC2)O1. The molecule has 0 saturated carbocycles. The van der Waals surface area contributed by atoms with Crippen molar-refractivity contribution in [3.63, 3.8) is 0 Å². The normalized spacial score (nSPS) is 30.5. The molecule has 2 heterocycles. The Labute approximate surface area is 119 Å². The number of morpholine rings is 1. The summed E-state index contributed by atoms with van der Waals surface area (Å²) in [5, 5.41) is 9.19. The van der Waals surface area contributed by atoms with E-state index in [4.69, 9.17) is 9.47 Å². The molecule has 2 fully saturated rings. The van der Waals surface area contributed by atoms with Crippen molar-refractivity contribution in [1.29, 1.82) is 5.26 Å². The lowest BCUT2D eigenvalue weighted by Crippen LogP contribution is -2.55. The van der Waals surface area contributed by atoms with Gasteiger partial charge < -0.3 is 9.47 Å². The predicted octanol–water partition coefficient (Wildman–Crippen LogP) is 1.94. The molecule has 1 aromatic carbocycles. The van der Waals surface area contributed by atoms with Crippen molar-refractivity contribution in [1.82, 2.24) is 4.90 Å². The van der Waals surface area contributed by atoms with Gasteiger partial charge in [-0.3, -0.25) is 4.90 Å². The van der Waals surface area contributed by atoms with Gasteiger partial charge in [0.05, 0.1) is 24.3 Å². The summed E-state index contributed by atoms with van der Waals surface area (Å²) >= 11 is 0. The second-order valence-corrected chi connectivity index (χ2v) is 5.85. The molecule has 0 N–H and O–H groups in total. The first kappa shape index (κ1) is 13.6. The Morgan fingerprint density at radius 1 is 1.45 bits per heavy atom. The van der Waals surface area contributed by atoms with E-state index < -0.39 is 0 Å². The van der Waals surface area contributed by atoms with Crippen LogP contribution in [0.2, 0.25) is 0 Å². The van der Waals surface area contributed by atoms with Gasteiger partial charge in [0.15, 0.2) is 0 Å². The number of nitrogens with zero attached hydrogens (tertiary/aromatic N) is 2. The molecule has 2 aliphatic heterocycles. The minimum absolute atomic E-state index is 0.140. The van der Waals surface area contributed by atoms with Crippen LogP contribution in [0.4, 0.5) is 0 Å². The van der Waals surface area contributed by atoms with Gasteiger partial charge in [0.2, 0.25) is 0 Å². The van der Waals surface area contributed by atoms with Crippen molar-refractivity contribution in [2.45, 2.75) is 31.6 Å². The maximum absolute atomic E-state index is 9.19. The van der Waals surface area contributed by atoms with Crippen molar-refractivity contribution >= 4 is 0 Å². The van der Waals surface area contributed by atoms with Crippen molar-refractivity contribution < 1.29 is 9.47 Å². The van der Waals surface area contributed by atoms with Crippen molar-refractivity contribution in [3.05, 3.63) is 35.4 Å². The van der Waals surface area contributed by atoms with Gasteiger partial charge in [-0.05, 0) is 18.6 Å². The van der Waals surface area contributed by atoms with E-state index in [1.807, 2.05) is 24.3 Å². The Bertz CT molecular complexity index is 517. The lowest BCUT2D eigenvalue weighted by atomic mass is 9.98. The molecule has 106 valence electrons. The van der Waals surface area contributed by atoms with E-state index in [1.165, 1.54) is 0 Å². The standard InChI is InChI=1S/C16H20N2O2/c1-13-9-18(11-16(20-13)6-7-19-12-16)10-15-5-3-2-4-14(15)8-17/h2-5,13H,6-7,9-12H2,1H3/t13-,16+/m0/s1. The largest absolute Gasteiger partial charge is 0.378 e. The van der Waals surface area contributed by atoms with Crippen molar-refractivity contribution in [2.75, 3.05) is 26.3 Å². The zero-order chi connectivity index (χ0) is 14.0. The molecule has 1 aromatic rings. The lowest BCUT2D eigenvalue weighted by Gasteiger charge is -2.43. The fourth-order valence-corrected chi connectivity index (χ4v) is 3.27. The van der Waals surface area contributed by atoms with E-state index in [0.29, 0.717) is 6.61 Å². The van der Waals surface area contributed by atoms with E-state index in [9.17, 15) is 5.26 Å². The molecular weight excluding hydrogens is 252 g/mol. The zero-order valence-electron chi connectivity index (χ0n) is 11.8. The van der Waals surface area contributed by atoms with E-state index in [2.05, 4.69) is 17.9 Å². The molecule has 4 nitrogen and oxygen atoms in total. The van der Waals surface area contributed by atoms with E-state index in [0.717, 1.165) is 43.8 Å². The highest BCUT2D eigenvalue weighted by Crippen LogP contribution is 2.30. The maximum Gasteiger partial charge on any atom is 0.107 e. The summed E-state index contributed by atoms with van der Waals surface area (Å²) < 4.78 is 11.7. The van der Waals surface area contributed by atoms with Gasteiger partial charge in [0.25, 0.3) is 0 Å². The molecule has 0 unspecified atom stereocenters. The Balaban J connectivity index is 1.75. The van der Waals surface area contributed by atoms with Crippen molar-refractivity contribution in [2.24, 2.45) is 0 Å². The van der Waals surface area contributed by atoms with Gasteiger partial charge in [-0.2, -0.15) is 5.26 Å². The van der Waals surface area contributed by atoms with Gasteiger partial charge in [-0.1, -0.05) is 18.2 Å². The molecule has 2 aliphatic rings. The number of rotatable bonds is 2. The molecule has 4 heteroatoms. The Hall–Kier alpha value is -1.41. The topological polar surface area (TPSA) is 45.5 Å². The molecule has 0 aliphatic carbocycles.